The summed E-state index contributed by atoms with van der Waals surface area (Å²) in [5.41, 5.74) is 1.58. The fraction of sp³-hybridized carbons (Fsp3) is 0.500. The molecule has 1 heterocycles. The van der Waals surface area contributed by atoms with Gasteiger partial charge in [0.2, 0.25) is 0 Å². The van der Waals surface area contributed by atoms with Crippen molar-refractivity contribution in [1.82, 2.24) is 20.5 Å². The highest BCUT2D eigenvalue weighted by molar-refractivity contribution is 14.0. The summed E-state index contributed by atoms with van der Waals surface area (Å²) >= 11 is 1.02. The molecule has 0 amide bonds. The molecule has 0 unspecified atom stereocenters. The quantitative estimate of drug-likeness (QED) is 0.271. The Morgan fingerprint density at radius 3 is 2.27 bits per heavy atom. The minimum atomic E-state index is -4.39. The van der Waals surface area contributed by atoms with Gasteiger partial charge in [-0.1, -0.05) is 38.1 Å². The number of guanidine groups is 1. The molecule has 5 nitrogen and oxygen atoms in total. The van der Waals surface area contributed by atoms with E-state index in [1.165, 1.54) is 5.56 Å². The van der Waals surface area contributed by atoms with Crippen LogP contribution in [0.5, 0.6) is 0 Å². The van der Waals surface area contributed by atoms with Crippen LogP contribution in [0.25, 0.3) is 0 Å². The van der Waals surface area contributed by atoms with Crippen molar-refractivity contribution in [1.29, 1.82) is 0 Å². The fourth-order valence-electron chi connectivity index (χ4n) is 2.72. The second-order valence-corrected chi connectivity index (χ2v) is 7.45. The van der Waals surface area contributed by atoms with Gasteiger partial charge in [0, 0.05) is 38.5 Å². The van der Waals surface area contributed by atoms with Crippen molar-refractivity contribution in [2.75, 3.05) is 26.7 Å². The largest absolute Gasteiger partial charge is 0.434 e. The molecule has 1 aromatic heterocycles. The third-order valence-corrected chi connectivity index (χ3v) is 5.39. The minimum absolute atomic E-state index is 0. The van der Waals surface area contributed by atoms with E-state index < -0.39 is 11.9 Å². The molecule has 0 spiro atoms. The van der Waals surface area contributed by atoms with E-state index in [9.17, 15) is 13.2 Å². The van der Waals surface area contributed by atoms with E-state index in [2.05, 4.69) is 63.6 Å². The van der Waals surface area contributed by atoms with Crippen LogP contribution < -0.4 is 10.6 Å². The number of halogens is 4. The van der Waals surface area contributed by atoms with Crippen LogP contribution in [0.4, 0.5) is 13.2 Å². The molecule has 2 aromatic rings. The topological polar surface area (TPSA) is 52.5 Å². The van der Waals surface area contributed by atoms with Crippen LogP contribution in [0, 0.1) is 0 Å². The average molecular weight is 555 g/mol. The summed E-state index contributed by atoms with van der Waals surface area (Å²) < 4.78 is 37.8. The first-order chi connectivity index (χ1) is 13.9. The fourth-order valence-corrected chi connectivity index (χ4v) is 3.52. The lowest BCUT2D eigenvalue weighted by Gasteiger charge is -2.18. The molecule has 1 aromatic carbocycles. The van der Waals surface area contributed by atoms with Gasteiger partial charge < -0.3 is 10.6 Å². The summed E-state index contributed by atoms with van der Waals surface area (Å²) in [4.78, 5) is 10.1. The standard InChI is InChI=1S/C20H28F3N5S.HI/c1-4-28(5-2)13-16-8-6-15(7-9-16)12-26-19(24-3)25-11-10-18-27-17(14-29-18)20(21,22)23;/h6-9,14H,4-5,10-13H2,1-3H3,(H2,24,25,26);1H. The number of aliphatic imine (C=N–C) groups is 1. The van der Waals surface area contributed by atoms with Gasteiger partial charge in [0.15, 0.2) is 11.7 Å². The van der Waals surface area contributed by atoms with Gasteiger partial charge in [0.05, 0.1) is 5.01 Å². The summed E-state index contributed by atoms with van der Waals surface area (Å²) in [6, 6.07) is 8.44. The Kier molecular flexibility index (Phi) is 11.6. The molecule has 0 saturated heterocycles. The number of hydrogen-bond acceptors (Lipinski definition) is 4. The molecule has 2 N–H and O–H groups in total. The van der Waals surface area contributed by atoms with Gasteiger partial charge in [-0.2, -0.15) is 13.2 Å². The first-order valence-electron chi connectivity index (χ1n) is 9.62. The molecule has 2 rings (SSSR count). The van der Waals surface area contributed by atoms with E-state index in [0.717, 1.165) is 41.9 Å². The van der Waals surface area contributed by atoms with Crippen molar-refractivity contribution in [2.24, 2.45) is 4.99 Å². The number of aromatic nitrogens is 1. The van der Waals surface area contributed by atoms with Crippen molar-refractivity contribution in [2.45, 2.75) is 39.5 Å². The first kappa shape index (κ1) is 26.6. The summed E-state index contributed by atoms with van der Waals surface area (Å²) in [5, 5.41) is 7.82. The van der Waals surface area contributed by atoms with Crippen LogP contribution in [-0.4, -0.2) is 42.5 Å². The Balaban J connectivity index is 0.00000450. The molecule has 0 fully saturated rings. The SMILES string of the molecule is CCN(CC)Cc1ccc(CNC(=NC)NCCc2nc(C(F)(F)F)cs2)cc1.I. The van der Waals surface area contributed by atoms with Gasteiger partial charge in [0.25, 0.3) is 0 Å². The van der Waals surface area contributed by atoms with Crippen LogP contribution in [0.3, 0.4) is 0 Å². The van der Waals surface area contributed by atoms with E-state index in [-0.39, 0.29) is 24.0 Å². The molecular weight excluding hydrogens is 526 g/mol. The highest BCUT2D eigenvalue weighted by Crippen LogP contribution is 2.29. The Labute approximate surface area is 197 Å². The van der Waals surface area contributed by atoms with Crippen molar-refractivity contribution >= 4 is 41.3 Å². The Bertz CT molecular complexity index is 773. The van der Waals surface area contributed by atoms with E-state index in [4.69, 9.17) is 0 Å². The maximum atomic E-state index is 12.6. The van der Waals surface area contributed by atoms with Gasteiger partial charge in [-0.05, 0) is 24.2 Å². The smallest absolute Gasteiger partial charge is 0.356 e. The molecule has 168 valence electrons. The molecule has 0 aliphatic carbocycles. The number of nitrogens with zero attached hydrogens (tertiary/aromatic N) is 3. The van der Waals surface area contributed by atoms with E-state index in [0.29, 0.717) is 30.5 Å². The summed E-state index contributed by atoms with van der Waals surface area (Å²) in [6.07, 6.45) is -3.98. The van der Waals surface area contributed by atoms with Gasteiger partial charge in [0.1, 0.15) is 0 Å². The lowest BCUT2D eigenvalue weighted by Crippen LogP contribution is -2.37. The van der Waals surface area contributed by atoms with Crippen LogP contribution >= 0.6 is 35.3 Å². The van der Waals surface area contributed by atoms with E-state index in [1.54, 1.807) is 7.05 Å². The van der Waals surface area contributed by atoms with E-state index >= 15 is 0 Å². The third kappa shape index (κ3) is 8.76. The molecule has 0 aliphatic rings. The molecule has 0 aliphatic heterocycles. The van der Waals surface area contributed by atoms with E-state index in [1.807, 2.05) is 0 Å². The first-order valence-corrected chi connectivity index (χ1v) is 10.5. The Hall–Kier alpha value is -1.40. The minimum Gasteiger partial charge on any atom is -0.356 e. The normalized spacial score (nSPS) is 12.0. The molecule has 0 saturated carbocycles. The van der Waals surface area contributed by atoms with Gasteiger partial charge in [-0.15, -0.1) is 35.3 Å². The highest BCUT2D eigenvalue weighted by Gasteiger charge is 2.33. The predicted molar refractivity (Wildman–Crippen MR) is 128 cm³/mol. The number of alkyl halides is 3. The summed E-state index contributed by atoms with van der Waals surface area (Å²) in [6.45, 7) is 8.37. The average Bonchev–Trinajstić information content (AvgIpc) is 3.19. The third-order valence-electron chi connectivity index (χ3n) is 4.48. The predicted octanol–water partition coefficient (Wildman–Crippen LogP) is 4.53. The lowest BCUT2D eigenvalue weighted by molar-refractivity contribution is -0.140. The van der Waals surface area contributed by atoms with Crippen molar-refractivity contribution < 1.29 is 13.2 Å². The number of benzene rings is 1. The zero-order valence-corrected chi connectivity index (χ0v) is 20.6. The number of thiazole rings is 1. The molecule has 10 heteroatoms. The van der Waals surface area contributed by atoms with Crippen LogP contribution in [0.15, 0.2) is 34.6 Å². The summed E-state index contributed by atoms with van der Waals surface area (Å²) in [7, 11) is 1.66. The van der Waals surface area contributed by atoms with Gasteiger partial charge in [-0.3, -0.25) is 9.89 Å². The molecule has 30 heavy (non-hydrogen) atoms. The second kappa shape index (κ2) is 13.1. The Morgan fingerprint density at radius 2 is 1.73 bits per heavy atom. The molecular formula is C20H29F3IN5S. The number of nitrogens with one attached hydrogen (secondary N) is 2. The van der Waals surface area contributed by atoms with Crippen molar-refractivity contribution in [3.05, 3.63) is 51.5 Å². The molecule has 0 atom stereocenters. The number of hydrogen-bond donors (Lipinski definition) is 2. The van der Waals surface area contributed by atoms with Crippen molar-refractivity contribution in [3.8, 4) is 0 Å². The van der Waals surface area contributed by atoms with Crippen LogP contribution in [0.2, 0.25) is 0 Å². The van der Waals surface area contributed by atoms with Crippen LogP contribution in [-0.2, 0) is 25.7 Å². The van der Waals surface area contributed by atoms with Crippen molar-refractivity contribution in [3.63, 3.8) is 0 Å². The van der Waals surface area contributed by atoms with Crippen LogP contribution in [0.1, 0.15) is 35.7 Å². The maximum Gasteiger partial charge on any atom is 0.434 e. The highest BCUT2D eigenvalue weighted by atomic mass is 127. The zero-order chi connectivity index (χ0) is 21.3. The zero-order valence-electron chi connectivity index (χ0n) is 17.4. The second-order valence-electron chi connectivity index (χ2n) is 6.50. The molecule has 0 radical (unpaired) electrons. The summed E-state index contributed by atoms with van der Waals surface area (Å²) in [5.74, 6) is 0.602. The lowest BCUT2D eigenvalue weighted by atomic mass is 10.1. The van der Waals surface area contributed by atoms with Gasteiger partial charge >= 0.3 is 6.18 Å². The molecule has 0 bridgehead atoms. The van der Waals surface area contributed by atoms with Gasteiger partial charge in [-0.25, -0.2) is 4.98 Å². The monoisotopic (exact) mass is 555 g/mol. The maximum absolute atomic E-state index is 12.6. The Morgan fingerprint density at radius 1 is 1.10 bits per heavy atom. The number of rotatable bonds is 9.